The highest BCUT2D eigenvalue weighted by Gasteiger charge is 2.28. The lowest BCUT2D eigenvalue weighted by Gasteiger charge is -2.35. The summed E-state index contributed by atoms with van der Waals surface area (Å²) < 4.78 is 246. The average Bonchev–Trinajstić information content (AvgIpc) is 3.46. The van der Waals surface area contributed by atoms with Crippen LogP contribution in [0.25, 0.3) is 0 Å². The molecular weight excluding hydrogens is 1120 g/mol. The van der Waals surface area contributed by atoms with Crippen LogP contribution in [0.5, 0.6) is 23.0 Å². The van der Waals surface area contributed by atoms with E-state index in [1.807, 2.05) is 0 Å². The van der Waals surface area contributed by atoms with Crippen LogP contribution in [0, 0.1) is 116 Å². The Hall–Kier alpha value is -5.50. The molecule has 10 nitrogen and oxygen atoms in total. The summed E-state index contributed by atoms with van der Waals surface area (Å²) >= 11 is 0. The molecular formula is C48H64BF20N3O7. The van der Waals surface area contributed by atoms with Gasteiger partial charge in [-0.05, 0) is 83.1 Å². The average molecular weight is 1190 g/mol. The van der Waals surface area contributed by atoms with Crippen LogP contribution in [0.15, 0.2) is 0 Å². The predicted molar refractivity (Wildman–Crippen MR) is 245 cm³/mol. The third kappa shape index (κ3) is 22.5. The molecule has 0 spiro atoms. The molecule has 456 valence electrons. The second kappa shape index (κ2) is 37.4. The maximum atomic E-state index is 12.2. The first-order valence-corrected chi connectivity index (χ1v) is 23.7. The van der Waals surface area contributed by atoms with Crippen molar-refractivity contribution in [1.29, 1.82) is 0 Å². The summed E-state index contributed by atoms with van der Waals surface area (Å²) in [4.78, 5) is 0. The summed E-state index contributed by atoms with van der Waals surface area (Å²) in [6.07, 6.45) is 0. The van der Waals surface area contributed by atoms with Gasteiger partial charge in [-0.2, -0.15) is 35.1 Å². The molecule has 0 aliphatic rings. The second-order valence-corrected chi connectivity index (χ2v) is 15.8. The second-order valence-electron chi connectivity index (χ2n) is 15.8. The molecule has 4 rings (SSSR count). The Balaban J connectivity index is -0.000000412. The normalized spacial score (nSPS) is 10.8. The highest BCUT2D eigenvalue weighted by Crippen LogP contribution is 2.30. The zero-order valence-electron chi connectivity index (χ0n) is 45.0. The minimum absolute atomic E-state index is 1.28. The van der Waals surface area contributed by atoms with Gasteiger partial charge in [-0.15, -0.1) is 0 Å². The van der Waals surface area contributed by atoms with E-state index in [1.54, 1.807) is 0 Å². The summed E-state index contributed by atoms with van der Waals surface area (Å²) in [5.41, 5.74) is 0. The molecule has 0 amide bonds. The molecule has 4 N–H and O–H groups in total. The van der Waals surface area contributed by atoms with Crippen LogP contribution in [0.2, 0.25) is 0 Å². The van der Waals surface area contributed by atoms with Gasteiger partial charge >= 0.3 is 0 Å². The van der Waals surface area contributed by atoms with E-state index in [4.69, 9.17) is 35.5 Å². The third-order valence-electron chi connectivity index (χ3n) is 12.8. The molecule has 0 heterocycles. The lowest BCUT2D eigenvalue weighted by atomic mass is 10.3. The molecule has 4 aromatic rings. The smallest absolute Gasteiger partial charge is 0.206 e. The van der Waals surface area contributed by atoms with Gasteiger partial charge in [0, 0.05) is 0 Å². The Kier molecular flexibility index (Phi) is 37.9. The van der Waals surface area contributed by atoms with E-state index < -0.39 is 147 Å². The molecule has 0 saturated carbocycles. The molecule has 79 heavy (non-hydrogen) atoms. The number of halogens is 20. The quantitative estimate of drug-likeness (QED) is 0.0363. The molecule has 0 unspecified atom stereocenters. The number of hydrogen-bond acceptors (Lipinski definition) is 7. The number of quaternary nitrogens is 3. The Bertz CT molecular complexity index is 1700. The zero-order chi connectivity index (χ0) is 63.4. The molecule has 0 aliphatic carbocycles. The van der Waals surface area contributed by atoms with Crippen LogP contribution in [-0.4, -0.2) is 120 Å². The van der Waals surface area contributed by atoms with Crippen LogP contribution in [0.1, 0.15) is 83.1 Å². The van der Waals surface area contributed by atoms with E-state index in [0.717, 1.165) is 0 Å². The minimum atomic E-state index is -2.92. The SMILES string of the molecule is CC[N+](CC)(CC)CC.CC[N+](CC)(CC)CC.CC[N+](CC)(CC)CC.Oc1c(F)c(F)c(F)c(F)c1F.Oc1c(F)c(F)c(F)c(F)c1F.Oc1c(F)c(F)c(F)c(F)c1F.Oc1c(F)c(F)c(F)c(F)c1F.[O-]B([O-])[O-]. The fourth-order valence-electron chi connectivity index (χ4n) is 6.40. The van der Waals surface area contributed by atoms with Gasteiger partial charge < -0.3 is 48.9 Å². The van der Waals surface area contributed by atoms with E-state index in [1.165, 1.54) is 92.0 Å². The molecule has 0 aromatic heterocycles. The van der Waals surface area contributed by atoms with Crippen LogP contribution in [0.4, 0.5) is 87.8 Å². The van der Waals surface area contributed by atoms with Gasteiger partial charge in [0.2, 0.25) is 116 Å². The number of aromatic hydroxyl groups is 4. The topological polar surface area (TPSA) is 150 Å². The van der Waals surface area contributed by atoms with E-state index in [9.17, 15) is 87.8 Å². The van der Waals surface area contributed by atoms with Crippen molar-refractivity contribution in [2.24, 2.45) is 0 Å². The van der Waals surface area contributed by atoms with Crippen LogP contribution >= 0.6 is 0 Å². The number of phenols is 4. The lowest BCUT2D eigenvalue weighted by molar-refractivity contribution is -0.921. The minimum Gasteiger partial charge on any atom is -0.907 e. The van der Waals surface area contributed by atoms with Gasteiger partial charge in [-0.1, -0.05) is 0 Å². The van der Waals surface area contributed by atoms with E-state index in [-0.39, 0.29) is 0 Å². The first-order valence-electron chi connectivity index (χ1n) is 23.7. The Morgan fingerprint density at radius 3 is 0.329 bits per heavy atom. The van der Waals surface area contributed by atoms with Gasteiger partial charge in [0.1, 0.15) is 0 Å². The summed E-state index contributed by atoms with van der Waals surface area (Å²) in [5, 5.41) is 58.4. The van der Waals surface area contributed by atoms with Gasteiger partial charge in [0.05, 0.1) is 78.5 Å². The maximum absolute atomic E-state index is 12.2. The molecule has 0 saturated heterocycles. The lowest BCUT2D eigenvalue weighted by Crippen LogP contribution is -2.56. The van der Waals surface area contributed by atoms with Gasteiger partial charge in [-0.3, -0.25) is 7.32 Å². The molecule has 4 aromatic carbocycles. The van der Waals surface area contributed by atoms with Crippen molar-refractivity contribution < 1.29 is 137 Å². The molecule has 0 atom stereocenters. The monoisotopic (exact) mass is 1190 g/mol. The van der Waals surface area contributed by atoms with E-state index >= 15 is 0 Å². The summed E-state index contributed by atoms with van der Waals surface area (Å²) in [6.45, 7) is 42.7. The van der Waals surface area contributed by atoms with Crippen molar-refractivity contribution in [3.8, 4) is 23.0 Å². The standard InChI is InChI=1S/3C8H20N.4C6HF5O.BO3/c3*1-5-9(6-2,7-3)8-4;4*7-1-2(8)4(10)6(12)5(11)3(1)9;2-1(3)4/h3*5-8H2,1-4H3;4*12H;/q3*+1;;;;;-3. The summed E-state index contributed by atoms with van der Waals surface area (Å²) in [5.74, 6) is -51.8. The molecule has 0 radical (unpaired) electrons. The van der Waals surface area contributed by atoms with E-state index in [2.05, 4.69) is 83.1 Å². The number of nitrogens with zero attached hydrogens (tertiary/aromatic N) is 3. The highest BCUT2D eigenvalue weighted by molar-refractivity contribution is 6.24. The van der Waals surface area contributed by atoms with Crippen molar-refractivity contribution in [2.45, 2.75) is 83.1 Å². The molecule has 0 bridgehead atoms. The first kappa shape index (κ1) is 80.0. The van der Waals surface area contributed by atoms with Crippen molar-refractivity contribution in [2.75, 3.05) is 78.5 Å². The number of benzene rings is 4. The van der Waals surface area contributed by atoms with E-state index in [0.29, 0.717) is 0 Å². The molecule has 0 fully saturated rings. The van der Waals surface area contributed by atoms with Crippen LogP contribution in [0.3, 0.4) is 0 Å². The Morgan fingerprint density at radius 1 is 0.215 bits per heavy atom. The van der Waals surface area contributed by atoms with Gasteiger partial charge in [0.15, 0.2) is 23.0 Å². The van der Waals surface area contributed by atoms with Crippen molar-refractivity contribution in [3.05, 3.63) is 116 Å². The maximum Gasteiger partial charge on any atom is 0.206 e. The fourth-order valence-corrected chi connectivity index (χ4v) is 6.40. The van der Waals surface area contributed by atoms with Crippen molar-refractivity contribution in [1.82, 2.24) is 0 Å². The largest absolute Gasteiger partial charge is 0.907 e. The fraction of sp³-hybridized carbons (Fsp3) is 0.500. The summed E-state index contributed by atoms with van der Waals surface area (Å²) in [6, 6.07) is 0. The summed E-state index contributed by atoms with van der Waals surface area (Å²) in [7, 11) is -2.92. The van der Waals surface area contributed by atoms with Crippen molar-refractivity contribution in [3.63, 3.8) is 0 Å². The van der Waals surface area contributed by atoms with Gasteiger partial charge in [0.25, 0.3) is 0 Å². The molecule has 0 aliphatic heterocycles. The van der Waals surface area contributed by atoms with Crippen LogP contribution < -0.4 is 15.1 Å². The number of phenolic OH excluding ortho intramolecular Hbond substituents is 4. The molecule has 31 heteroatoms. The third-order valence-corrected chi connectivity index (χ3v) is 12.8. The number of hydrogen-bond donors (Lipinski definition) is 4. The Labute approximate surface area is 444 Å². The predicted octanol–water partition coefficient (Wildman–Crippen LogP) is 10.1. The number of rotatable bonds is 12. The van der Waals surface area contributed by atoms with Crippen LogP contribution in [-0.2, 0) is 0 Å². The zero-order valence-corrected chi connectivity index (χ0v) is 45.0. The van der Waals surface area contributed by atoms with Gasteiger partial charge in [-0.25, -0.2) is 52.7 Å². The first-order chi connectivity index (χ1) is 36.3. The highest BCUT2D eigenvalue weighted by atomic mass is 19.2. The van der Waals surface area contributed by atoms with Crippen molar-refractivity contribution >= 4 is 7.32 Å². The Morgan fingerprint density at radius 2 is 0.278 bits per heavy atom.